The van der Waals surface area contributed by atoms with Gasteiger partial charge < -0.3 is 10.6 Å². The Hall–Kier alpha value is -0.540. The molecule has 1 atom stereocenters. The molecule has 0 aromatic heterocycles. The van der Waals surface area contributed by atoms with E-state index in [1.54, 1.807) is 0 Å². The van der Waals surface area contributed by atoms with Crippen molar-refractivity contribution in [1.29, 1.82) is 0 Å². The molecule has 0 spiro atoms. The van der Waals surface area contributed by atoms with Crippen LogP contribution in [0.3, 0.4) is 0 Å². The number of halogens is 1. The number of benzene rings is 1. The molecular weight excluding hydrogens is 264 g/mol. The Morgan fingerprint density at radius 1 is 1.38 bits per heavy atom. The summed E-state index contributed by atoms with van der Waals surface area (Å²) >= 11 is 3.55. The summed E-state index contributed by atoms with van der Waals surface area (Å²) in [6.07, 6.45) is 3.58. The van der Waals surface area contributed by atoms with E-state index in [1.807, 2.05) is 0 Å². The molecule has 1 aliphatic heterocycles. The average Bonchev–Trinajstić information content (AvgIpc) is 2.73. The third-order valence-corrected chi connectivity index (χ3v) is 3.53. The van der Waals surface area contributed by atoms with Crippen LogP contribution in [0.5, 0.6) is 0 Å². The third-order valence-electron chi connectivity index (χ3n) is 3.04. The molecular formula is C13H19BrN2. The quantitative estimate of drug-likeness (QED) is 0.924. The summed E-state index contributed by atoms with van der Waals surface area (Å²) < 4.78 is 1.16. The molecule has 16 heavy (non-hydrogen) atoms. The zero-order chi connectivity index (χ0) is 11.5. The molecule has 0 bridgehead atoms. The maximum Gasteiger partial charge on any atom is 0.0410 e. The van der Waals surface area contributed by atoms with Gasteiger partial charge in [-0.2, -0.15) is 0 Å². The largest absolute Gasteiger partial charge is 0.371 e. The average molecular weight is 283 g/mol. The molecule has 1 unspecified atom stereocenters. The second-order valence-electron chi connectivity index (χ2n) is 4.65. The molecule has 2 nitrogen and oxygen atoms in total. The molecule has 0 radical (unpaired) electrons. The molecule has 1 saturated heterocycles. The van der Waals surface area contributed by atoms with Crippen LogP contribution < -0.4 is 10.6 Å². The minimum absolute atomic E-state index is 0.225. The summed E-state index contributed by atoms with van der Waals surface area (Å²) in [6, 6.07) is 6.75. The van der Waals surface area contributed by atoms with Crippen LogP contribution in [0.1, 0.15) is 25.3 Å². The molecule has 88 valence electrons. The van der Waals surface area contributed by atoms with Gasteiger partial charge >= 0.3 is 0 Å². The smallest absolute Gasteiger partial charge is 0.0410 e. The number of nitrogens with zero attached hydrogens (tertiary/aromatic N) is 1. The van der Waals surface area contributed by atoms with Crippen LogP contribution in [0.4, 0.5) is 5.69 Å². The summed E-state index contributed by atoms with van der Waals surface area (Å²) in [5, 5.41) is 0. The van der Waals surface area contributed by atoms with Gasteiger partial charge in [0, 0.05) is 29.3 Å². The fraction of sp³-hybridized carbons (Fsp3) is 0.538. The zero-order valence-corrected chi connectivity index (χ0v) is 11.3. The van der Waals surface area contributed by atoms with Gasteiger partial charge in [-0.15, -0.1) is 0 Å². The molecule has 0 amide bonds. The van der Waals surface area contributed by atoms with Crippen molar-refractivity contribution in [3.63, 3.8) is 0 Å². The maximum absolute atomic E-state index is 5.90. The molecule has 3 heteroatoms. The van der Waals surface area contributed by atoms with Gasteiger partial charge in [0.15, 0.2) is 0 Å². The van der Waals surface area contributed by atoms with Crippen LogP contribution in [-0.2, 0) is 6.42 Å². The van der Waals surface area contributed by atoms with Gasteiger partial charge in [0.05, 0.1) is 0 Å². The summed E-state index contributed by atoms with van der Waals surface area (Å²) in [5.41, 5.74) is 8.64. The van der Waals surface area contributed by atoms with E-state index < -0.39 is 0 Å². The van der Waals surface area contributed by atoms with Crippen molar-refractivity contribution in [1.82, 2.24) is 0 Å². The highest BCUT2D eigenvalue weighted by atomic mass is 79.9. The Kier molecular flexibility index (Phi) is 3.87. The van der Waals surface area contributed by atoms with Crippen molar-refractivity contribution in [2.45, 2.75) is 32.2 Å². The molecule has 1 aromatic carbocycles. The van der Waals surface area contributed by atoms with Crippen molar-refractivity contribution in [2.24, 2.45) is 5.73 Å². The lowest BCUT2D eigenvalue weighted by atomic mass is 10.0. The molecule has 2 rings (SSSR count). The highest BCUT2D eigenvalue weighted by Gasteiger charge is 2.16. The van der Waals surface area contributed by atoms with Gasteiger partial charge in [0.25, 0.3) is 0 Å². The van der Waals surface area contributed by atoms with E-state index in [-0.39, 0.29) is 6.04 Å². The molecule has 0 aliphatic carbocycles. The Balaban J connectivity index is 2.28. The molecule has 2 N–H and O–H groups in total. The summed E-state index contributed by atoms with van der Waals surface area (Å²) in [7, 11) is 0. The van der Waals surface area contributed by atoms with E-state index in [0.29, 0.717) is 0 Å². The van der Waals surface area contributed by atoms with Gasteiger partial charge in [-0.25, -0.2) is 0 Å². The van der Waals surface area contributed by atoms with Crippen LogP contribution in [0.15, 0.2) is 22.7 Å². The van der Waals surface area contributed by atoms with Crippen LogP contribution in [-0.4, -0.2) is 19.1 Å². The molecule has 1 fully saturated rings. The van der Waals surface area contributed by atoms with Crippen molar-refractivity contribution in [3.05, 3.63) is 28.2 Å². The highest BCUT2D eigenvalue weighted by Crippen LogP contribution is 2.28. The first-order chi connectivity index (χ1) is 7.66. The van der Waals surface area contributed by atoms with E-state index in [9.17, 15) is 0 Å². The fourth-order valence-corrected chi connectivity index (χ4v) is 2.66. The summed E-state index contributed by atoms with van der Waals surface area (Å²) in [6.45, 7) is 4.43. The summed E-state index contributed by atoms with van der Waals surface area (Å²) in [5.74, 6) is 0. The van der Waals surface area contributed by atoms with Gasteiger partial charge in [-0.3, -0.25) is 0 Å². The van der Waals surface area contributed by atoms with Crippen LogP contribution in [0.2, 0.25) is 0 Å². The predicted octanol–water partition coefficient (Wildman–Crippen LogP) is 2.94. The highest BCUT2D eigenvalue weighted by molar-refractivity contribution is 9.10. The first-order valence-corrected chi connectivity index (χ1v) is 6.75. The van der Waals surface area contributed by atoms with E-state index in [0.717, 1.165) is 10.9 Å². The first-order valence-electron chi connectivity index (χ1n) is 5.96. The Labute approximate surface area is 106 Å². The van der Waals surface area contributed by atoms with Crippen molar-refractivity contribution >= 4 is 21.6 Å². The molecule has 1 aromatic rings. The second kappa shape index (κ2) is 5.19. The number of hydrogen-bond acceptors (Lipinski definition) is 2. The van der Waals surface area contributed by atoms with Crippen LogP contribution >= 0.6 is 15.9 Å². The normalized spacial score (nSPS) is 17.8. The lowest BCUT2D eigenvalue weighted by Crippen LogP contribution is -2.23. The standard InChI is InChI=1S/C13H19BrN2/c1-10(15)8-11-4-5-12(14)9-13(11)16-6-2-3-7-16/h4-5,9-10H,2-3,6-8,15H2,1H3. The van der Waals surface area contributed by atoms with Crippen molar-refractivity contribution in [3.8, 4) is 0 Å². The minimum Gasteiger partial charge on any atom is -0.371 e. The van der Waals surface area contributed by atoms with Crippen molar-refractivity contribution in [2.75, 3.05) is 18.0 Å². The maximum atomic E-state index is 5.90. The number of anilines is 1. The van der Waals surface area contributed by atoms with E-state index in [4.69, 9.17) is 5.73 Å². The molecule has 1 heterocycles. The first kappa shape index (κ1) is 11.9. The van der Waals surface area contributed by atoms with Gasteiger partial charge in [-0.05, 0) is 43.9 Å². The Morgan fingerprint density at radius 3 is 2.69 bits per heavy atom. The third kappa shape index (κ3) is 2.77. The summed E-state index contributed by atoms with van der Waals surface area (Å²) in [4.78, 5) is 2.47. The van der Waals surface area contributed by atoms with Gasteiger partial charge in [0.2, 0.25) is 0 Å². The van der Waals surface area contributed by atoms with Gasteiger partial charge in [-0.1, -0.05) is 22.0 Å². The zero-order valence-electron chi connectivity index (χ0n) is 9.75. The fourth-order valence-electron chi connectivity index (χ4n) is 2.31. The van der Waals surface area contributed by atoms with E-state index in [2.05, 4.69) is 46.0 Å². The van der Waals surface area contributed by atoms with Gasteiger partial charge in [0.1, 0.15) is 0 Å². The number of hydrogen-bond donors (Lipinski definition) is 1. The molecule has 0 saturated carbocycles. The molecule has 1 aliphatic rings. The Bertz CT molecular complexity index is 357. The number of rotatable bonds is 3. The monoisotopic (exact) mass is 282 g/mol. The Morgan fingerprint density at radius 2 is 2.06 bits per heavy atom. The number of nitrogens with two attached hydrogens (primary N) is 1. The lowest BCUT2D eigenvalue weighted by Gasteiger charge is -2.22. The SMILES string of the molecule is CC(N)Cc1ccc(Br)cc1N1CCCC1. The lowest BCUT2D eigenvalue weighted by molar-refractivity contribution is 0.735. The van der Waals surface area contributed by atoms with Crippen molar-refractivity contribution < 1.29 is 0 Å². The second-order valence-corrected chi connectivity index (χ2v) is 5.56. The predicted molar refractivity (Wildman–Crippen MR) is 72.9 cm³/mol. The van der Waals surface area contributed by atoms with E-state index in [1.165, 1.54) is 37.2 Å². The topological polar surface area (TPSA) is 29.3 Å². The van der Waals surface area contributed by atoms with E-state index >= 15 is 0 Å². The van der Waals surface area contributed by atoms with Crippen LogP contribution in [0.25, 0.3) is 0 Å². The minimum atomic E-state index is 0.225. The van der Waals surface area contributed by atoms with Crippen LogP contribution in [0, 0.1) is 0 Å².